The molecule has 1 N–H and O–H groups in total. The van der Waals surface area contributed by atoms with Gasteiger partial charge in [0.2, 0.25) is 10.0 Å². The number of anilines is 1. The first-order valence-electron chi connectivity index (χ1n) is 4.78. The van der Waals surface area contributed by atoms with Gasteiger partial charge in [0.1, 0.15) is 5.82 Å². The van der Waals surface area contributed by atoms with E-state index >= 15 is 0 Å². The lowest BCUT2D eigenvalue weighted by atomic mass is 10.1. The van der Waals surface area contributed by atoms with Crippen molar-refractivity contribution in [2.24, 2.45) is 0 Å². The first-order valence-corrected chi connectivity index (χ1v) is 6.62. The van der Waals surface area contributed by atoms with Gasteiger partial charge >= 0.3 is 5.97 Å². The molecule has 1 aromatic rings. The van der Waals surface area contributed by atoms with Crippen molar-refractivity contribution in [3.05, 3.63) is 29.6 Å². The van der Waals surface area contributed by atoms with E-state index in [2.05, 4.69) is 0 Å². The second-order valence-electron chi connectivity index (χ2n) is 3.39. The lowest BCUT2D eigenvalue weighted by molar-refractivity contribution is 0.0697. The van der Waals surface area contributed by atoms with Gasteiger partial charge in [0.15, 0.2) is 0 Å². The SMILES string of the molecule is CCN(c1ccc(F)cc1C(=O)O)S(C)(=O)=O. The van der Waals surface area contributed by atoms with E-state index in [0.717, 1.165) is 28.8 Å². The van der Waals surface area contributed by atoms with E-state index in [1.54, 1.807) is 6.92 Å². The topological polar surface area (TPSA) is 74.7 Å². The van der Waals surface area contributed by atoms with Crippen LogP contribution in [0.15, 0.2) is 18.2 Å². The van der Waals surface area contributed by atoms with Gasteiger partial charge in [0, 0.05) is 6.54 Å². The summed E-state index contributed by atoms with van der Waals surface area (Å²) in [5, 5.41) is 8.91. The summed E-state index contributed by atoms with van der Waals surface area (Å²) in [5.41, 5.74) is -0.416. The monoisotopic (exact) mass is 261 g/mol. The molecule has 0 spiro atoms. The molecule has 0 aliphatic rings. The lowest BCUT2D eigenvalue weighted by Gasteiger charge is -2.22. The van der Waals surface area contributed by atoms with Gasteiger partial charge in [0.25, 0.3) is 0 Å². The third kappa shape index (κ3) is 2.94. The number of rotatable bonds is 4. The zero-order valence-corrected chi connectivity index (χ0v) is 10.2. The Balaban J connectivity index is 3.44. The maximum absolute atomic E-state index is 12.9. The van der Waals surface area contributed by atoms with Crippen LogP contribution in [0.3, 0.4) is 0 Å². The molecule has 0 bridgehead atoms. The number of aromatic carboxylic acids is 1. The highest BCUT2D eigenvalue weighted by molar-refractivity contribution is 7.92. The molecule has 17 heavy (non-hydrogen) atoms. The number of carbonyl (C=O) groups is 1. The molecule has 0 aliphatic heterocycles. The van der Waals surface area contributed by atoms with E-state index in [0.29, 0.717) is 0 Å². The number of sulfonamides is 1. The van der Waals surface area contributed by atoms with Gasteiger partial charge in [-0.3, -0.25) is 4.31 Å². The first-order chi connectivity index (χ1) is 7.77. The van der Waals surface area contributed by atoms with Crippen LogP contribution in [0.2, 0.25) is 0 Å². The summed E-state index contributed by atoms with van der Waals surface area (Å²) in [6.07, 6.45) is 0.964. The van der Waals surface area contributed by atoms with Crippen LogP contribution in [0.1, 0.15) is 17.3 Å². The first kappa shape index (κ1) is 13.4. The Hall–Kier alpha value is -1.63. The summed E-state index contributed by atoms with van der Waals surface area (Å²) in [4.78, 5) is 10.9. The number of halogens is 1. The number of hydrogen-bond donors (Lipinski definition) is 1. The molecule has 7 heteroatoms. The van der Waals surface area contributed by atoms with E-state index in [-0.39, 0.29) is 17.8 Å². The molecular weight excluding hydrogens is 249 g/mol. The van der Waals surface area contributed by atoms with Gasteiger partial charge in [-0.05, 0) is 25.1 Å². The summed E-state index contributed by atoms with van der Waals surface area (Å²) in [5.74, 6) is -2.10. The minimum absolute atomic E-state index is 0.0381. The number of hydrogen-bond acceptors (Lipinski definition) is 3. The van der Waals surface area contributed by atoms with Crippen molar-refractivity contribution in [2.75, 3.05) is 17.1 Å². The van der Waals surface area contributed by atoms with Gasteiger partial charge in [0.05, 0.1) is 17.5 Å². The smallest absolute Gasteiger partial charge is 0.337 e. The molecule has 0 fully saturated rings. The summed E-state index contributed by atoms with van der Waals surface area (Å²) < 4.78 is 36.8. The predicted octanol–water partition coefficient (Wildman–Crippen LogP) is 1.31. The Morgan fingerprint density at radius 2 is 2.06 bits per heavy atom. The summed E-state index contributed by atoms with van der Waals surface area (Å²) >= 11 is 0. The Morgan fingerprint density at radius 1 is 1.47 bits per heavy atom. The Bertz CT molecular complexity index is 541. The molecule has 5 nitrogen and oxygen atoms in total. The second kappa shape index (κ2) is 4.70. The van der Waals surface area contributed by atoms with Crippen LogP contribution in [0.25, 0.3) is 0 Å². The Morgan fingerprint density at radius 3 is 2.47 bits per heavy atom. The van der Waals surface area contributed by atoms with Crippen LogP contribution in [-0.4, -0.2) is 32.3 Å². The minimum Gasteiger partial charge on any atom is -0.478 e. The van der Waals surface area contributed by atoms with E-state index in [1.165, 1.54) is 0 Å². The third-order valence-electron chi connectivity index (χ3n) is 2.15. The van der Waals surface area contributed by atoms with Crippen molar-refractivity contribution in [3.63, 3.8) is 0 Å². The number of nitrogens with zero attached hydrogens (tertiary/aromatic N) is 1. The fraction of sp³-hybridized carbons (Fsp3) is 0.300. The predicted molar refractivity (Wildman–Crippen MR) is 61.2 cm³/mol. The maximum atomic E-state index is 12.9. The maximum Gasteiger partial charge on any atom is 0.337 e. The largest absolute Gasteiger partial charge is 0.478 e. The van der Waals surface area contributed by atoms with E-state index < -0.39 is 21.8 Å². The highest BCUT2D eigenvalue weighted by atomic mass is 32.2. The highest BCUT2D eigenvalue weighted by Gasteiger charge is 2.22. The van der Waals surface area contributed by atoms with Gasteiger partial charge in [-0.25, -0.2) is 17.6 Å². The molecule has 0 saturated carbocycles. The molecule has 1 rings (SSSR count). The molecule has 0 atom stereocenters. The van der Waals surface area contributed by atoms with Gasteiger partial charge in [-0.15, -0.1) is 0 Å². The van der Waals surface area contributed by atoms with Crippen LogP contribution < -0.4 is 4.31 Å². The molecule has 0 aromatic heterocycles. The van der Waals surface area contributed by atoms with E-state index in [1.807, 2.05) is 0 Å². The zero-order chi connectivity index (χ0) is 13.2. The van der Waals surface area contributed by atoms with E-state index in [4.69, 9.17) is 5.11 Å². The summed E-state index contributed by atoms with van der Waals surface area (Å²) in [7, 11) is -3.59. The van der Waals surface area contributed by atoms with Crippen LogP contribution >= 0.6 is 0 Å². The molecule has 0 unspecified atom stereocenters. The third-order valence-corrected chi connectivity index (χ3v) is 3.40. The van der Waals surface area contributed by atoms with Crippen molar-refractivity contribution in [1.29, 1.82) is 0 Å². The molecule has 1 aromatic carbocycles. The van der Waals surface area contributed by atoms with E-state index in [9.17, 15) is 17.6 Å². The molecule has 0 radical (unpaired) electrons. The molecule has 0 saturated heterocycles. The Labute approximate surface area is 98.5 Å². The average Bonchev–Trinajstić information content (AvgIpc) is 2.18. The average molecular weight is 261 g/mol. The highest BCUT2D eigenvalue weighted by Crippen LogP contribution is 2.23. The molecule has 0 aliphatic carbocycles. The van der Waals surface area contributed by atoms with Crippen LogP contribution in [0, 0.1) is 5.82 Å². The second-order valence-corrected chi connectivity index (χ2v) is 5.30. The normalized spacial score (nSPS) is 11.2. The standard InChI is InChI=1S/C10H12FNO4S/c1-3-12(17(2,15)16)9-5-4-7(11)6-8(9)10(13)14/h4-6H,3H2,1-2H3,(H,13,14). The quantitative estimate of drug-likeness (QED) is 0.886. The van der Waals surface area contributed by atoms with Crippen molar-refractivity contribution in [2.45, 2.75) is 6.92 Å². The summed E-state index contributed by atoms with van der Waals surface area (Å²) in [6.45, 7) is 1.64. The van der Waals surface area contributed by atoms with Crippen molar-refractivity contribution >= 4 is 21.7 Å². The van der Waals surface area contributed by atoms with Gasteiger partial charge in [-0.1, -0.05) is 0 Å². The molecular formula is C10H12FNO4S. The minimum atomic E-state index is -3.59. The van der Waals surface area contributed by atoms with Gasteiger partial charge in [-0.2, -0.15) is 0 Å². The van der Waals surface area contributed by atoms with Crippen LogP contribution in [0.5, 0.6) is 0 Å². The van der Waals surface area contributed by atoms with Crippen molar-refractivity contribution in [3.8, 4) is 0 Å². The Kier molecular flexibility index (Phi) is 3.72. The summed E-state index contributed by atoms with van der Waals surface area (Å²) in [6, 6.07) is 2.96. The lowest BCUT2D eigenvalue weighted by Crippen LogP contribution is -2.31. The van der Waals surface area contributed by atoms with Crippen molar-refractivity contribution < 1.29 is 22.7 Å². The zero-order valence-electron chi connectivity index (χ0n) is 9.34. The number of benzene rings is 1. The molecule has 0 amide bonds. The van der Waals surface area contributed by atoms with Crippen molar-refractivity contribution in [1.82, 2.24) is 0 Å². The fourth-order valence-electron chi connectivity index (χ4n) is 1.48. The molecule has 0 heterocycles. The van der Waals surface area contributed by atoms with Gasteiger partial charge < -0.3 is 5.11 Å². The van der Waals surface area contributed by atoms with Crippen LogP contribution in [0.4, 0.5) is 10.1 Å². The number of carboxylic acids is 1. The molecule has 94 valence electrons. The van der Waals surface area contributed by atoms with Crippen LogP contribution in [-0.2, 0) is 10.0 Å². The fourth-order valence-corrected chi connectivity index (χ4v) is 2.47. The number of carboxylic acid groups (broad SMARTS) is 1.